The molecule has 0 bridgehead atoms. The molecule has 2 aromatic rings. The van der Waals surface area contributed by atoms with E-state index in [1.165, 1.54) is 6.33 Å². The van der Waals surface area contributed by atoms with Crippen LogP contribution in [0.25, 0.3) is 11.2 Å². The van der Waals surface area contributed by atoms with Gasteiger partial charge in [-0.05, 0) is 12.8 Å². The molecule has 4 heterocycles. The van der Waals surface area contributed by atoms with Crippen LogP contribution in [0, 0.1) is 0 Å². The van der Waals surface area contributed by atoms with Crippen molar-refractivity contribution in [2.45, 2.75) is 64.1 Å². The predicted molar refractivity (Wildman–Crippen MR) is 108 cm³/mol. The van der Waals surface area contributed by atoms with Crippen LogP contribution in [0.2, 0.25) is 0 Å². The topological polar surface area (TPSA) is 132 Å². The number of phosphoric ester groups is 1. The maximum absolute atomic E-state index is 11.7. The minimum atomic E-state index is -4.18. The maximum Gasteiger partial charge on any atom is 0.472 e. The molecule has 1 unspecified atom stereocenters. The molecule has 166 valence electrons. The molecule has 0 aromatic carbocycles. The Hall–Kier alpha value is -1.62. The molecule has 2 fully saturated rings. The minimum absolute atomic E-state index is 0.138. The molecule has 2 N–H and O–H groups in total. The highest BCUT2D eigenvalue weighted by atomic mass is 31.2. The Bertz CT molecular complexity index is 926. The quantitative estimate of drug-likeness (QED) is 0.463. The van der Waals surface area contributed by atoms with Gasteiger partial charge in [-0.1, -0.05) is 26.7 Å². The van der Waals surface area contributed by atoms with Crippen molar-refractivity contribution in [1.82, 2.24) is 19.5 Å². The average Bonchev–Trinajstić information content (AvgIpc) is 3.28. The Morgan fingerprint density at radius 1 is 1.23 bits per heavy atom. The fraction of sp³-hybridized carbons (Fsp3) is 0.722. The van der Waals surface area contributed by atoms with Crippen LogP contribution in [0.1, 0.15) is 45.8 Å². The summed E-state index contributed by atoms with van der Waals surface area (Å²) in [6, 6.07) is 0. The highest BCUT2D eigenvalue weighted by Crippen LogP contribution is 2.52. The summed E-state index contributed by atoms with van der Waals surface area (Å²) < 4.78 is 29.0. The first kappa shape index (κ1) is 21.6. The van der Waals surface area contributed by atoms with Crippen LogP contribution in [0.4, 0.5) is 5.82 Å². The van der Waals surface area contributed by atoms with E-state index in [1.807, 2.05) is 0 Å². The van der Waals surface area contributed by atoms with Gasteiger partial charge in [0.1, 0.15) is 24.6 Å². The van der Waals surface area contributed by atoms with Crippen molar-refractivity contribution < 1.29 is 28.3 Å². The van der Waals surface area contributed by atoms with Crippen LogP contribution in [0.5, 0.6) is 0 Å². The number of unbranched alkanes of at least 4 members (excludes halogenated alkanes) is 2. The molecule has 0 aliphatic carbocycles. The molecule has 4 rings (SSSR count). The molecule has 5 atom stereocenters. The standard InChI is InChI=1S/C18H28N5O6P/c1-3-5-6-8-22(7-4-2)16-13-17(20-10-19-16)23(11-21-13)18-14(24)15-12(28-18)9-27-30(25,26)29-15/h10-12,14-15,18,24H,3-9H2,1-2H3,(H,25,26)/t12-,14-,15-,18-/m1/s1. The third kappa shape index (κ3) is 4.10. The summed E-state index contributed by atoms with van der Waals surface area (Å²) in [5.41, 5.74) is 1.14. The van der Waals surface area contributed by atoms with Gasteiger partial charge in [-0.2, -0.15) is 0 Å². The summed E-state index contributed by atoms with van der Waals surface area (Å²) in [6.07, 6.45) is 3.68. The van der Waals surface area contributed by atoms with Crippen LogP contribution in [-0.4, -0.2) is 67.5 Å². The van der Waals surface area contributed by atoms with Crippen LogP contribution < -0.4 is 4.90 Å². The number of hydrogen-bond donors (Lipinski definition) is 2. The molecule has 0 radical (unpaired) electrons. The molecule has 2 aliphatic heterocycles. The van der Waals surface area contributed by atoms with Gasteiger partial charge in [-0.25, -0.2) is 19.5 Å². The van der Waals surface area contributed by atoms with Gasteiger partial charge in [-0.15, -0.1) is 0 Å². The van der Waals surface area contributed by atoms with E-state index in [-0.39, 0.29) is 6.61 Å². The van der Waals surface area contributed by atoms with Crippen molar-refractivity contribution in [2.75, 3.05) is 24.6 Å². The Labute approximate surface area is 174 Å². The van der Waals surface area contributed by atoms with Crippen molar-refractivity contribution >= 4 is 24.8 Å². The normalized spacial score (nSPS) is 31.2. The Balaban J connectivity index is 1.62. The monoisotopic (exact) mass is 441 g/mol. The van der Waals surface area contributed by atoms with Crippen molar-refractivity contribution in [3.05, 3.63) is 12.7 Å². The van der Waals surface area contributed by atoms with Crippen LogP contribution >= 0.6 is 7.82 Å². The second-order valence-electron chi connectivity index (χ2n) is 7.61. The van der Waals surface area contributed by atoms with Crippen molar-refractivity contribution in [3.8, 4) is 0 Å². The number of rotatable bonds is 8. The summed E-state index contributed by atoms with van der Waals surface area (Å²) in [5, 5.41) is 10.7. The molecule has 2 saturated heterocycles. The smallest absolute Gasteiger partial charge is 0.386 e. The van der Waals surface area contributed by atoms with E-state index in [0.717, 1.165) is 44.6 Å². The summed E-state index contributed by atoms with van der Waals surface area (Å²) in [6.45, 7) is 5.89. The third-order valence-electron chi connectivity index (χ3n) is 5.40. The number of phosphoric acid groups is 1. The van der Waals surface area contributed by atoms with Crippen LogP contribution in [0.3, 0.4) is 0 Å². The number of ether oxygens (including phenoxy) is 1. The van der Waals surface area contributed by atoms with E-state index in [1.54, 1.807) is 10.9 Å². The summed E-state index contributed by atoms with van der Waals surface area (Å²) in [4.78, 5) is 25.1. The zero-order chi connectivity index (χ0) is 21.3. The Morgan fingerprint density at radius 3 is 2.83 bits per heavy atom. The molecule has 11 nitrogen and oxygen atoms in total. The SMILES string of the molecule is CCCCCN(CCC)c1ncnc2c1ncn2[C@@H]1O[C@@H]2COP(=O)(O)O[C@H]2[C@H]1O. The Kier molecular flexibility index (Phi) is 6.38. The molecule has 0 saturated carbocycles. The van der Waals surface area contributed by atoms with Gasteiger partial charge in [-0.3, -0.25) is 13.6 Å². The number of fused-ring (bicyclic) bond motifs is 2. The third-order valence-corrected chi connectivity index (χ3v) is 6.39. The lowest BCUT2D eigenvalue weighted by Crippen LogP contribution is -2.39. The number of aromatic nitrogens is 4. The van der Waals surface area contributed by atoms with Gasteiger partial charge in [0.2, 0.25) is 0 Å². The number of anilines is 1. The number of aliphatic hydroxyl groups is 1. The zero-order valence-corrected chi connectivity index (χ0v) is 18.0. The summed E-state index contributed by atoms with van der Waals surface area (Å²) in [5.74, 6) is 0.751. The fourth-order valence-electron chi connectivity index (χ4n) is 3.97. The first-order valence-corrected chi connectivity index (χ1v) is 11.9. The van der Waals surface area contributed by atoms with E-state index in [4.69, 9.17) is 13.8 Å². The van der Waals surface area contributed by atoms with Gasteiger partial charge >= 0.3 is 7.82 Å². The van der Waals surface area contributed by atoms with Gasteiger partial charge in [0.05, 0.1) is 12.9 Å². The van der Waals surface area contributed by atoms with Gasteiger partial charge in [0.15, 0.2) is 23.2 Å². The lowest BCUT2D eigenvalue weighted by Gasteiger charge is -2.27. The van der Waals surface area contributed by atoms with Crippen molar-refractivity contribution in [2.24, 2.45) is 0 Å². The van der Waals surface area contributed by atoms with E-state index in [9.17, 15) is 14.6 Å². The molecule has 12 heteroatoms. The molecule has 30 heavy (non-hydrogen) atoms. The van der Waals surface area contributed by atoms with E-state index in [0.29, 0.717) is 11.2 Å². The summed E-state index contributed by atoms with van der Waals surface area (Å²) in [7, 11) is -4.18. The second-order valence-corrected chi connectivity index (χ2v) is 9.01. The lowest BCUT2D eigenvalue weighted by molar-refractivity contribution is -0.0664. The van der Waals surface area contributed by atoms with Crippen LogP contribution in [0.15, 0.2) is 12.7 Å². The first-order chi connectivity index (χ1) is 14.4. The second kappa shape index (κ2) is 8.86. The van der Waals surface area contributed by atoms with Crippen LogP contribution in [-0.2, 0) is 18.3 Å². The van der Waals surface area contributed by atoms with Gasteiger partial charge < -0.3 is 19.6 Å². The first-order valence-electron chi connectivity index (χ1n) is 10.4. The highest BCUT2D eigenvalue weighted by Gasteiger charge is 2.52. The predicted octanol–water partition coefficient (Wildman–Crippen LogP) is 2.01. The number of imidazole rings is 1. The number of aliphatic hydroxyl groups excluding tert-OH is 1. The largest absolute Gasteiger partial charge is 0.472 e. The molecule has 2 aliphatic rings. The summed E-state index contributed by atoms with van der Waals surface area (Å²) >= 11 is 0. The van der Waals surface area contributed by atoms with Crippen molar-refractivity contribution in [3.63, 3.8) is 0 Å². The Morgan fingerprint density at radius 2 is 2.07 bits per heavy atom. The maximum atomic E-state index is 11.7. The lowest BCUT2D eigenvalue weighted by atomic mass is 10.1. The van der Waals surface area contributed by atoms with Gasteiger partial charge in [0.25, 0.3) is 0 Å². The number of hydrogen-bond acceptors (Lipinski definition) is 9. The fourth-order valence-corrected chi connectivity index (χ4v) is 4.93. The number of nitrogens with zero attached hydrogens (tertiary/aromatic N) is 5. The van der Waals surface area contributed by atoms with E-state index in [2.05, 4.69) is 33.7 Å². The van der Waals surface area contributed by atoms with E-state index < -0.39 is 32.4 Å². The molecular formula is C18H28N5O6P. The average molecular weight is 441 g/mol. The molecule has 0 amide bonds. The molecule has 0 spiro atoms. The molecular weight excluding hydrogens is 413 g/mol. The van der Waals surface area contributed by atoms with Gasteiger partial charge in [0, 0.05) is 13.1 Å². The van der Waals surface area contributed by atoms with E-state index >= 15 is 0 Å². The molecule has 2 aromatic heterocycles. The minimum Gasteiger partial charge on any atom is -0.386 e. The zero-order valence-electron chi connectivity index (χ0n) is 17.1. The van der Waals surface area contributed by atoms with Crippen molar-refractivity contribution in [1.29, 1.82) is 0 Å². The highest BCUT2D eigenvalue weighted by molar-refractivity contribution is 7.47.